The number of nitrogens with zero attached hydrogens (tertiary/aromatic N) is 3. The van der Waals surface area contributed by atoms with Crippen molar-refractivity contribution in [2.75, 3.05) is 31.4 Å². The molecule has 0 spiro atoms. The summed E-state index contributed by atoms with van der Waals surface area (Å²) in [5, 5.41) is 12.5. The van der Waals surface area contributed by atoms with Gasteiger partial charge in [0.25, 0.3) is 0 Å². The summed E-state index contributed by atoms with van der Waals surface area (Å²) >= 11 is 6.44. The molecule has 0 aliphatic heterocycles. The summed E-state index contributed by atoms with van der Waals surface area (Å²) in [5.41, 5.74) is 2.27. The number of nitrogens with one attached hydrogen (secondary N) is 1. The number of aliphatic hydroxyl groups excluding tert-OH is 1. The molecule has 0 radical (unpaired) electrons. The number of hydrogen-bond acceptors (Lipinski definition) is 8. The molecular formula is C23H23ClN4O5S. The number of anilines is 2. The van der Waals surface area contributed by atoms with Crippen molar-refractivity contribution in [1.29, 1.82) is 0 Å². The summed E-state index contributed by atoms with van der Waals surface area (Å²) in [6.45, 7) is 1.28. The third kappa shape index (κ3) is 5.65. The Bertz CT molecular complexity index is 1410. The molecule has 2 heterocycles. The third-order valence-corrected chi connectivity index (χ3v) is 6.32. The minimum absolute atomic E-state index is 0.0219. The van der Waals surface area contributed by atoms with E-state index in [2.05, 4.69) is 15.3 Å². The van der Waals surface area contributed by atoms with Gasteiger partial charge in [0, 0.05) is 24.7 Å². The molecule has 0 fully saturated rings. The van der Waals surface area contributed by atoms with Gasteiger partial charge in [-0.2, -0.15) is 0 Å². The van der Waals surface area contributed by atoms with E-state index in [4.69, 9.17) is 26.2 Å². The molecule has 11 heteroatoms. The van der Waals surface area contributed by atoms with Crippen molar-refractivity contribution in [3.05, 3.63) is 66.1 Å². The Hall–Kier alpha value is -3.18. The molecule has 178 valence electrons. The zero-order chi connectivity index (χ0) is 24.1. The monoisotopic (exact) mass is 502 g/mol. The lowest BCUT2D eigenvalue weighted by Crippen LogP contribution is -2.09. The summed E-state index contributed by atoms with van der Waals surface area (Å²) in [7, 11) is -3.35. The topological polar surface area (TPSA) is 116 Å². The Morgan fingerprint density at radius 1 is 1.12 bits per heavy atom. The van der Waals surface area contributed by atoms with Crippen LogP contribution < -0.4 is 10.1 Å². The van der Waals surface area contributed by atoms with Gasteiger partial charge in [-0.25, -0.2) is 18.4 Å². The van der Waals surface area contributed by atoms with Gasteiger partial charge in [-0.15, -0.1) is 0 Å². The van der Waals surface area contributed by atoms with Crippen LogP contribution in [0.1, 0.15) is 0 Å². The van der Waals surface area contributed by atoms with Gasteiger partial charge in [-0.1, -0.05) is 17.7 Å². The standard InChI is InChI=1S/C23H23ClN4O5S/c1-34(30,31)18-4-2-3-17(14-18)33-21-6-5-16(13-19(21)24)27-23-22-20(25-15-26-23)7-8-28(22)9-11-32-12-10-29/h2-8,13-15,29H,9-12H2,1H3,(H,25,26,27). The van der Waals surface area contributed by atoms with E-state index in [0.29, 0.717) is 41.2 Å². The number of halogens is 1. The van der Waals surface area contributed by atoms with Crippen LogP contribution in [0.15, 0.2) is 66.0 Å². The van der Waals surface area contributed by atoms with E-state index in [1.165, 1.54) is 18.5 Å². The van der Waals surface area contributed by atoms with Gasteiger partial charge in [0.15, 0.2) is 15.7 Å². The number of benzene rings is 2. The van der Waals surface area contributed by atoms with Crippen LogP contribution in [-0.2, 0) is 21.1 Å². The van der Waals surface area contributed by atoms with Crippen molar-refractivity contribution in [2.45, 2.75) is 11.4 Å². The minimum Gasteiger partial charge on any atom is -0.456 e. The number of aliphatic hydroxyl groups is 1. The molecular weight excluding hydrogens is 480 g/mol. The highest BCUT2D eigenvalue weighted by Gasteiger charge is 2.13. The van der Waals surface area contributed by atoms with Crippen LogP contribution in [0, 0.1) is 0 Å². The third-order valence-electron chi connectivity index (χ3n) is 4.92. The fourth-order valence-electron chi connectivity index (χ4n) is 3.33. The van der Waals surface area contributed by atoms with E-state index in [-0.39, 0.29) is 18.1 Å². The number of sulfone groups is 1. The molecule has 9 nitrogen and oxygen atoms in total. The number of fused-ring (bicyclic) bond motifs is 1. The molecule has 2 aromatic carbocycles. The molecule has 4 aromatic rings. The minimum atomic E-state index is -3.35. The summed E-state index contributed by atoms with van der Waals surface area (Å²) in [6, 6.07) is 13.3. The van der Waals surface area contributed by atoms with E-state index < -0.39 is 9.84 Å². The van der Waals surface area contributed by atoms with Crippen LogP contribution in [0.25, 0.3) is 11.0 Å². The molecule has 2 aromatic heterocycles. The first-order valence-electron chi connectivity index (χ1n) is 10.4. The Balaban J connectivity index is 1.53. The van der Waals surface area contributed by atoms with Crippen LogP contribution in [0.5, 0.6) is 11.5 Å². The molecule has 34 heavy (non-hydrogen) atoms. The number of aromatic nitrogens is 3. The lowest BCUT2D eigenvalue weighted by atomic mass is 10.3. The second kappa shape index (κ2) is 10.4. The Morgan fingerprint density at radius 3 is 2.74 bits per heavy atom. The maximum atomic E-state index is 11.8. The molecule has 0 unspecified atom stereocenters. The first kappa shape index (κ1) is 24.0. The average Bonchev–Trinajstić information content (AvgIpc) is 3.22. The molecule has 0 aliphatic rings. The predicted molar refractivity (Wildman–Crippen MR) is 130 cm³/mol. The van der Waals surface area contributed by atoms with E-state index in [0.717, 1.165) is 17.3 Å². The highest BCUT2D eigenvalue weighted by molar-refractivity contribution is 7.90. The Labute approximate surface area is 201 Å². The number of rotatable bonds is 10. The molecule has 0 saturated heterocycles. The predicted octanol–water partition coefficient (Wildman–Crippen LogP) is 4.03. The summed E-state index contributed by atoms with van der Waals surface area (Å²) in [5.74, 6) is 1.35. The lowest BCUT2D eigenvalue weighted by Gasteiger charge is -2.13. The van der Waals surface area contributed by atoms with Gasteiger partial charge in [-0.3, -0.25) is 0 Å². The summed E-state index contributed by atoms with van der Waals surface area (Å²) in [4.78, 5) is 8.85. The maximum absolute atomic E-state index is 11.8. The first-order valence-corrected chi connectivity index (χ1v) is 12.6. The normalized spacial score (nSPS) is 11.6. The Morgan fingerprint density at radius 2 is 1.97 bits per heavy atom. The summed E-state index contributed by atoms with van der Waals surface area (Å²) < 4.78 is 36.7. The van der Waals surface area contributed by atoms with E-state index in [1.54, 1.807) is 30.3 Å². The van der Waals surface area contributed by atoms with Gasteiger partial charge in [-0.05, 0) is 42.5 Å². The largest absolute Gasteiger partial charge is 0.456 e. The van der Waals surface area contributed by atoms with Gasteiger partial charge in [0.05, 0.1) is 35.3 Å². The van der Waals surface area contributed by atoms with Crippen molar-refractivity contribution in [3.8, 4) is 11.5 Å². The summed E-state index contributed by atoms with van der Waals surface area (Å²) in [6.07, 6.45) is 4.52. The number of ether oxygens (including phenoxy) is 2. The average molecular weight is 503 g/mol. The van der Waals surface area contributed by atoms with Crippen LogP contribution in [0.4, 0.5) is 11.5 Å². The van der Waals surface area contributed by atoms with Crippen molar-refractivity contribution in [3.63, 3.8) is 0 Å². The highest BCUT2D eigenvalue weighted by atomic mass is 35.5. The SMILES string of the molecule is CS(=O)(=O)c1cccc(Oc2ccc(Nc3ncnc4ccn(CCOCCO)c34)cc2Cl)c1. The molecule has 0 atom stereocenters. The quantitative estimate of drug-likeness (QED) is 0.312. The Kier molecular flexibility index (Phi) is 7.32. The van der Waals surface area contributed by atoms with Crippen LogP contribution >= 0.6 is 11.6 Å². The van der Waals surface area contributed by atoms with Crippen molar-refractivity contribution >= 4 is 44.0 Å². The molecule has 2 N–H and O–H groups in total. The van der Waals surface area contributed by atoms with Crippen LogP contribution in [-0.4, -0.2) is 54.1 Å². The van der Waals surface area contributed by atoms with Crippen molar-refractivity contribution in [1.82, 2.24) is 14.5 Å². The van der Waals surface area contributed by atoms with E-state index >= 15 is 0 Å². The van der Waals surface area contributed by atoms with E-state index in [9.17, 15) is 8.42 Å². The van der Waals surface area contributed by atoms with Crippen molar-refractivity contribution < 1.29 is 23.0 Å². The fraction of sp³-hybridized carbons (Fsp3) is 0.217. The second-order valence-electron chi connectivity index (χ2n) is 7.42. The maximum Gasteiger partial charge on any atom is 0.175 e. The van der Waals surface area contributed by atoms with Gasteiger partial charge >= 0.3 is 0 Å². The van der Waals surface area contributed by atoms with Gasteiger partial charge in [0.1, 0.15) is 23.3 Å². The first-order chi connectivity index (χ1) is 16.3. The zero-order valence-corrected chi connectivity index (χ0v) is 19.9. The second-order valence-corrected chi connectivity index (χ2v) is 9.84. The molecule has 4 rings (SSSR count). The van der Waals surface area contributed by atoms with Crippen LogP contribution in [0.2, 0.25) is 5.02 Å². The molecule has 0 amide bonds. The zero-order valence-electron chi connectivity index (χ0n) is 18.3. The van der Waals surface area contributed by atoms with Gasteiger partial charge in [0.2, 0.25) is 0 Å². The van der Waals surface area contributed by atoms with E-state index in [1.807, 2.05) is 16.8 Å². The van der Waals surface area contributed by atoms with Crippen LogP contribution in [0.3, 0.4) is 0 Å². The van der Waals surface area contributed by atoms with Gasteiger partial charge < -0.3 is 24.5 Å². The lowest BCUT2D eigenvalue weighted by molar-refractivity contribution is 0.0875. The molecule has 0 saturated carbocycles. The molecule has 0 aliphatic carbocycles. The highest BCUT2D eigenvalue weighted by Crippen LogP contribution is 2.34. The fourth-order valence-corrected chi connectivity index (χ4v) is 4.21. The van der Waals surface area contributed by atoms with Crippen molar-refractivity contribution in [2.24, 2.45) is 0 Å². The smallest absolute Gasteiger partial charge is 0.175 e. The number of hydrogen-bond donors (Lipinski definition) is 2. The molecule has 0 bridgehead atoms.